The summed E-state index contributed by atoms with van der Waals surface area (Å²) in [5.74, 6) is 0. The maximum atomic E-state index is 5.78. The van der Waals surface area contributed by atoms with E-state index in [0.29, 0.717) is 0 Å². The van der Waals surface area contributed by atoms with Gasteiger partial charge in [-0.15, -0.1) is 11.6 Å². The second-order valence-electron chi connectivity index (χ2n) is 2.18. The average molecular weight is 181 g/mol. The average Bonchev–Trinajstić information content (AvgIpc) is 2.00. The highest BCUT2D eigenvalue weighted by Gasteiger charge is 2.13. The molecule has 1 unspecified atom stereocenters. The quantitative estimate of drug-likeness (QED) is 0.491. The van der Waals surface area contributed by atoms with Crippen molar-refractivity contribution < 1.29 is 0 Å². The molecule has 0 radical (unpaired) electrons. The van der Waals surface area contributed by atoms with Gasteiger partial charge in [-0.2, -0.15) is 0 Å². The highest BCUT2D eigenvalue weighted by Crippen LogP contribution is 1.92. The first-order chi connectivity index (χ1) is 4.79. The van der Waals surface area contributed by atoms with Crippen molar-refractivity contribution in [3.05, 3.63) is 0 Å². The molecule has 0 saturated carbocycles. The highest BCUT2D eigenvalue weighted by atomic mass is 35.5. The van der Waals surface area contributed by atoms with Gasteiger partial charge in [0.1, 0.15) is 0 Å². The van der Waals surface area contributed by atoms with Crippen LogP contribution in [-0.4, -0.2) is 39.3 Å². The van der Waals surface area contributed by atoms with Crippen LogP contribution in [0.1, 0.15) is 13.8 Å². The van der Waals surface area contributed by atoms with Crippen LogP contribution in [0.5, 0.6) is 0 Å². The Kier molecular flexibility index (Phi) is 6.42. The van der Waals surface area contributed by atoms with Gasteiger partial charge >= 0.3 is 0 Å². The first kappa shape index (κ1) is 10.4. The van der Waals surface area contributed by atoms with Crippen LogP contribution in [0.2, 0.25) is 0 Å². The fourth-order valence-corrected chi connectivity index (χ4v) is 3.67. The van der Waals surface area contributed by atoms with Crippen molar-refractivity contribution in [2.24, 2.45) is 0 Å². The third kappa shape index (κ3) is 3.01. The second-order valence-corrected chi connectivity index (χ2v) is 5.75. The molecular weight excluding hydrogens is 164 g/mol. The third-order valence-corrected chi connectivity index (χ3v) is 5.18. The molecule has 0 aliphatic heterocycles. The minimum Gasteiger partial charge on any atom is -0.330 e. The number of hydrogen-bond donors (Lipinski definition) is 1. The Morgan fingerprint density at radius 2 is 1.90 bits per heavy atom. The van der Waals surface area contributed by atoms with E-state index in [1.807, 2.05) is 7.05 Å². The van der Waals surface area contributed by atoms with Crippen LogP contribution < -0.4 is 4.98 Å². The van der Waals surface area contributed by atoms with E-state index in [4.69, 9.17) is 11.6 Å². The Hall–Kier alpha value is 0.427. The summed E-state index contributed by atoms with van der Waals surface area (Å²) in [5, 5.41) is 0. The maximum Gasteiger partial charge on any atom is 0.202 e. The van der Waals surface area contributed by atoms with E-state index >= 15 is 0 Å². The third-order valence-electron chi connectivity index (χ3n) is 1.73. The normalized spacial score (nSPS) is 14.1. The van der Waals surface area contributed by atoms with Crippen LogP contribution >= 0.6 is 11.6 Å². The Morgan fingerprint density at radius 1 is 1.40 bits per heavy atom. The highest BCUT2D eigenvalue weighted by molar-refractivity contribution is 6.62. The van der Waals surface area contributed by atoms with Crippen LogP contribution in [0.4, 0.5) is 0 Å². The van der Waals surface area contributed by atoms with E-state index in [9.17, 15) is 0 Å². The van der Waals surface area contributed by atoms with Gasteiger partial charge in [-0.25, -0.2) is 0 Å². The summed E-state index contributed by atoms with van der Waals surface area (Å²) in [6, 6.07) is 0. The monoisotopic (exact) mass is 180 g/mol. The summed E-state index contributed by atoms with van der Waals surface area (Å²) in [7, 11) is 1.04. The van der Waals surface area contributed by atoms with Crippen molar-refractivity contribution in [3.8, 4) is 0 Å². The zero-order chi connectivity index (χ0) is 7.98. The molecule has 0 bridgehead atoms. The maximum absolute atomic E-state index is 5.78. The number of halogens is 1. The minimum atomic E-state index is -0.958. The summed E-state index contributed by atoms with van der Waals surface area (Å²) in [6.07, 6.45) is 0. The Morgan fingerprint density at radius 3 is 2.00 bits per heavy atom. The molecular formula is C6H17ClN2Si. The van der Waals surface area contributed by atoms with Gasteiger partial charge in [-0.05, 0) is 20.1 Å². The summed E-state index contributed by atoms with van der Waals surface area (Å²) in [6.45, 7) is 6.57. The first-order valence-corrected chi connectivity index (χ1v) is 6.21. The van der Waals surface area contributed by atoms with E-state index in [1.54, 1.807) is 0 Å². The minimum absolute atomic E-state index is 0.790. The standard InChI is InChI=1S/C6H17ClN2Si/c1-4-9(5-2)10(6-7)8-3/h8,10H,4-6H2,1-3H3. The smallest absolute Gasteiger partial charge is 0.202 e. The Bertz CT molecular complexity index is 64.1. The summed E-state index contributed by atoms with van der Waals surface area (Å²) >= 11 is 5.78. The Labute approximate surface area is 70.3 Å². The van der Waals surface area contributed by atoms with Crippen LogP contribution in [-0.2, 0) is 0 Å². The van der Waals surface area contributed by atoms with Crippen molar-refractivity contribution in [1.29, 1.82) is 0 Å². The molecule has 1 atom stereocenters. The van der Waals surface area contributed by atoms with Gasteiger partial charge < -0.3 is 9.55 Å². The van der Waals surface area contributed by atoms with Gasteiger partial charge in [0.25, 0.3) is 0 Å². The van der Waals surface area contributed by atoms with E-state index in [1.165, 1.54) is 0 Å². The van der Waals surface area contributed by atoms with Gasteiger partial charge in [-0.3, -0.25) is 0 Å². The molecule has 1 N–H and O–H groups in total. The number of nitrogens with one attached hydrogen (secondary N) is 1. The van der Waals surface area contributed by atoms with Crippen LogP contribution in [0.15, 0.2) is 0 Å². The molecule has 0 fully saturated rings. The second kappa shape index (κ2) is 6.16. The van der Waals surface area contributed by atoms with Crippen LogP contribution in [0.3, 0.4) is 0 Å². The van der Waals surface area contributed by atoms with Crippen molar-refractivity contribution in [1.82, 2.24) is 9.55 Å². The SMILES string of the molecule is CCN(CC)[SiH](CCl)NC. The molecule has 10 heavy (non-hydrogen) atoms. The lowest BCUT2D eigenvalue weighted by atomic mass is 10.7. The molecule has 0 rings (SSSR count). The topological polar surface area (TPSA) is 15.3 Å². The number of alkyl halides is 1. The molecule has 0 heterocycles. The number of hydrogen-bond acceptors (Lipinski definition) is 2. The summed E-state index contributed by atoms with van der Waals surface area (Å²) < 4.78 is 2.42. The molecule has 0 aliphatic rings. The van der Waals surface area contributed by atoms with E-state index in [-0.39, 0.29) is 0 Å². The summed E-state index contributed by atoms with van der Waals surface area (Å²) in [5.41, 5.74) is 0.790. The first-order valence-electron chi connectivity index (χ1n) is 3.77. The fourth-order valence-electron chi connectivity index (χ4n) is 1.02. The molecule has 0 saturated heterocycles. The van der Waals surface area contributed by atoms with Gasteiger partial charge in [0, 0.05) is 5.50 Å². The zero-order valence-electron chi connectivity index (χ0n) is 7.02. The summed E-state index contributed by atoms with van der Waals surface area (Å²) in [4.78, 5) is 3.29. The van der Waals surface area contributed by atoms with Gasteiger partial charge in [-0.1, -0.05) is 13.8 Å². The van der Waals surface area contributed by atoms with Gasteiger partial charge in [0.15, 0.2) is 0 Å². The number of rotatable bonds is 5. The predicted molar refractivity (Wildman–Crippen MR) is 49.8 cm³/mol. The van der Waals surface area contributed by atoms with E-state index < -0.39 is 9.12 Å². The molecule has 0 aliphatic carbocycles. The van der Waals surface area contributed by atoms with E-state index in [0.717, 1.165) is 18.6 Å². The van der Waals surface area contributed by atoms with E-state index in [2.05, 4.69) is 23.4 Å². The van der Waals surface area contributed by atoms with Crippen molar-refractivity contribution in [2.45, 2.75) is 13.8 Å². The molecule has 62 valence electrons. The lowest BCUT2D eigenvalue weighted by Gasteiger charge is -2.25. The zero-order valence-corrected chi connectivity index (χ0v) is 8.93. The molecule has 0 spiro atoms. The molecule has 0 aromatic heterocycles. The van der Waals surface area contributed by atoms with Crippen molar-refractivity contribution in [2.75, 3.05) is 25.6 Å². The molecule has 4 heteroatoms. The molecule has 0 aromatic carbocycles. The molecule has 0 aromatic rings. The lowest BCUT2D eigenvalue weighted by Crippen LogP contribution is -2.50. The van der Waals surface area contributed by atoms with Gasteiger partial charge in [0.05, 0.1) is 0 Å². The lowest BCUT2D eigenvalue weighted by molar-refractivity contribution is 0.473. The van der Waals surface area contributed by atoms with Gasteiger partial charge in [0.2, 0.25) is 9.12 Å². The van der Waals surface area contributed by atoms with Crippen LogP contribution in [0.25, 0.3) is 0 Å². The Balaban J connectivity index is 3.70. The predicted octanol–water partition coefficient (Wildman–Crippen LogP) is 0.546. The molecule has 0 amide bonds. The number of nitrogens with zero attached hydrogens (tertiary/aromatic N) is 1. The van der Waals surface area contributed by atoms with Crippen molar-refractivity contribution >= 4 is 20.7 Å². The largest absolute Gasteiger partial charge is 0.330 e. The molecule has 2 nitrogen and oxygen atoms in total. The van der Waals surface area contributed by atoms with Crippen LogP contribution in [0, 0.1) is 0 Å². The van der Waals surface area contributed by atoms with Crippen molar-refractivity contribution in [3.63, 3.8) is 0 Å². The fraction of sp³-hybridized carbons (Fsp3) is 1.00.